The summed E-state index contributed by atoms with van der Waals surface area (Å²) in [4.78, 5) is 0. The molecule has 1 aromatic heterocycles. The minimum Gasteiger partial charge on any atom is -0.456 e. The Kier molecular flexibility index (Phi) is 7.37. The normalized spacial score (nSPS) is 11.9. The van der Waals surface area contributed by atoms with Crippen molar-refractivity contribution in [2.24, 2.45) is 0 Å². The van der Waals surface area contributed by atoms with Crippen molar-refractivity contribution < 1.29 is 4.42 Å². The van der Waals surface area contributed by atoms with E-state index < -0.39 is 0 Å². The summed E-state index contributed by atoms with van der Waals surface area (Å²) < 4.78 is 6.72. The van der Waals surface area contributed by atoms with Crippen LogP contribution in [0.4, 0.5) is 0 Å². The Morgan fingerprint density at radius 2 is 0.459 bits per heavy atom. The standard InChI is InChI=1S/C60H36O/c1-4-10-51-37(7-1)13-16-45-29-40(19-24-54(45)51)43-22-27-57-58-28-23-44(36-60(58)61-59(57)35-43)50-33-48(41-20-25-55-46(30-41)17-14-38-8-2-5-11-52(38)55)32-49(34-50)42-21-26-56-47(31-42)18-15-39-9-3-6-12-53(39)56/h1-36H. The first kappa shape index (κ1) is 33.9. The van der Waals surface area contributed by atoms with E-state index in [1.807, 2.05) is 0 Å². The second-order valence-electron chi connectivity index (χ2n) is 16.5. The van der Waals surface area contributed by atoms with Crippen LogP contribution in [0.5, 0.6) is 0 Å². The summed E-state index contributed by atoms with van der Waals surface area (Å²) in [5.41, 5.74) is 11.1. The zero-order valence-electron chi connectivity index (χ0n) is 33.2. The molecule has 61 heavy (non-hydrogen) atoms. The van der Waals surface area contributed by atoms with Crippen molar-refractivity contribution in [2.45, 2.75) is 0 Å². The maximum Gasteiger partial charge on any atom is 0.136 e. The van der Waals surface area contributed by atoms with Gasteiger partial charge in [0.1, 0.15) is 11.2 Å². The van der Waals surface area contributed by atoms with Crippen molar-refractivity contribution in [3.05, 3.63) is 218 Å². The fraction of sp³-hybridized carbons (Fsp3) is 0. The Morgan fingerprint density at radius 1 is 0.180 bits per heavy atom. The predicted molar refractivity (Wildman–Crippen MR) is 260 cm³/mol. The molecule has 13 aromatic rings. The zero-order valence-corrected chi connectivity index (χ0v) is 33.2. The molecule has 0 radical (unpaired) electrons. The SMILES string of the molecule is c1ccc2c(c1)ccc1cc(-c3cc(-c4ccc5c(ccc6ccccc65)c4)cc(-c4ccc5c(c4)oc4cc(-c6ccc7c(ccc8ccccc87)c6)ccc45)c3)ccc12. The molecule has 0 saturated carbocycles. The molecule has 0 aliphatic carbocycles. The van der Waals surface area contributed by atoms with E-state index >= 15 is 0 Å². The van der Waals surface area contributed by atoms with Gasteiger partial charge in [0.25, 0.3) is 0 Å². The van der Waals surface area contributed by atoms with E-state index in [4.69, 9.17) is 4.42 Å². The molecule has 0 fully saturated rings. The van der Waals surface area contributed by atoms with Crippen LogP contribution in [0.1, 0.15) is 0 Å². The smallest absolute Gasteiger partial charge is 0.136 e. The fourth-order valence-electron chi connectivity index (χ4n) is 9.84. The summed E-state index contributed by atoms with van der Waals surface area (Å²) in [7, 11) is 0. The van der Waals surface area contributed by atoms with Gasteiger partial charge >= 0.3 is 0 Å². The first-order valence-electron chi connectivity index (χ1n) is 21.0. The van der Waals surface area contributed by atoms with Crippen molar-refractivity contribution in [2.75, 3.05) is 0 Å². The largest absolute Gasteiger partial charge is 0.456 e. The molecule has 0 spiro atoms. The number of benzene rings is 12. The third-order valence-electron chi connectivity index (χ3n) is 13.0. The molecule has 1 nitrogen and oxygen atoms in total. The number of fused-ring (bicyclic) bond motifs is 12. The Morgan fingerprint density at radius 3 is 0.852 bits per heavy atom. The second kappa shape index (κ2) is 13.3. The van der Waals surface area contributed by atoms with Crippen LogP contribution >= 0.6 is 0 Å². The number of rotatable bonds is 4. The average molecular weight is 773 g/mol. The minimum absolute atomic E-state index is 0.886. The monoisotopic (exact) mass is 772 g/mol. The van der Waals surface area contributed by atoms with Gasteiger partial charge in [-0.1, -0.05) is 158 Å². The molecular weight excluding hydrogens is 737 g/mol. The van der Waals surface area contributed by atoms with Crippen LogP contribution in [-0.2, 0) is 0 Å². The summed E-state index contributed by atoms with van der Waals surface area (Å²) in [5, 5.41) is 17.4. The molecule has 1 heterocycles. The highest BCUT2D eigenvalue weighted by atomic mass is 16.3. The zero-order chi connectivity index (χ0) is 40.0. The molecule has 13 rings (SSSR count). The molecule has 0 saturated heterocycles. The highest BCUT2D eigenvalue weighted by molar-refractivity contribution is 6.12. The van der Waals surface area contributed by atoms with Crippen molar-refractivity contribution in [3.8, 4) is 44.5 Å². The lowest BCUT2D eigenvalue weighted by atomic mass is 9.90. The van der Waals surface area contributed by atoms with Gasteiger partial charge in [-0.05, 0) is 170 Å². The van der Waals surface area contributed by atoms with Gasteiger partial charge < -0.3 is 4.42 Å². The van der Waals surface area contributed by atoms with Gasteiger partial charge in [0.2, 0.25) is 0 Å². The fourth-order valence-corrected chi connectivity index (χ4v) is 9.84. The highest BCUT2D eigenvalue weighted by Gasteiger charge is 2.14. The predicted octanol–water partition coefficient (Wildman–Crippen LogP) is 17.2. The molecule has 0 aliphatic rings. The molecule has 282 valence electrons. The molecule has 12 aromatic carbocycles. The summed E-state index contributed by atoms with van der Waals surface area (Å²) in [6.45, 7) is 0. The maximum atomic E-state index is 6.72. The van der Waals surface area contributed by atoms with Crippen molar-refractivity contribution in [1.29, 1.82) is 0 Å². The van der Waals surface area contributed by atoms with E-state index in [2.05, 4.69) is 218 Å². The van der Waals surface area contributed by atoms with E-state index in [1.54, 1.807) is 0 Å². The van der Waals surface area contributed by atoms with Crippen molar-refractivity contribution in [1.82, 2.24) is 0 Å². The van der Waals surface area contributed by atoms with Crippen LogP contribution < -0.4 is 0 Å². The summed E-state index contributed by atoms with van der Waals surface area (Å²) in [6.07, 6.45) is 0. The van der Waals surface area contributed by atoms with E-state index in [0.29, 0.717) is 0 Å². The summed E-state index contributed by atoms with van der Waals surface area (Å²) in [6, 6.07) is 80.3. The van der Waals surface area contributed by atoms with E-state index in [9.17, 15) is 0 Å². The molecule has 0 aliphatic heterocycles. The van der Waals surface area contributed by atoms with Crippen LogP contribution in [0.15, 0.2) is 223 Å². The highest BCUT2D eigenvalue weighted by Crippen LogP contribution is 2.40. The Bertz CT molecular complexity index is 3800. The topological polar surface area (TPSA) is 13.1 Å². The van der Waals surface area contributed by atoms with Gasteiger partial charge in [-0.3, -0.25) is 0 Å². The van der Waals surface area contributed by atoms with Gasteiger partial charge in [0.05, 0.1) is 0 Å². The molecule has 0 atom stereocenters. The minimum atomic E-state index is 0.886. The Balaban J connectivity index is 0.936. The average Bonchev–Trinajstić information content (AvgIpc) is 3.70. The van der Waals surface area contributed by atoms with Gasteiger partial charge in [-0.15, -0.1) is 0 Å². The number of hydrogen-bond acceptors (Lipinski definition) is 1. The molecule has 0 amide bonds. The molecule has 0 unspecified atom stereocenters. The van der Waals surface area contributed by atoms with Gasteiger partial charge in [-0.2, -0.15) is 0 Å². The van der Waals surface area contributed by atoms with Crippen molar-refractivity contribution >= 4 is 86.6 Å². The first-order valence-corrected chi connectivity index (χ1v) is 21.0. The molecule has 1 heteroatoms. The maximum absolute atomic E-state index is 6.72. The summed E-state index contributed by atoms with van der Waals surface area (Å²) in [5.74, 6) is 0. The molecular formula is C60H36O. The number of furan rings is 1. The second-order valence-corrected chi connectivity index (χ2v) is 16.5. The summed E-state index contributed by atoms with van der Waals surface area (Å²) >= 11 is 0. The van der Waals surface area contributed by atoms with E-state index in [-0.39, 0.29) is 0 Å². The van der Waals surface area contributed by atoms with Crippen LogP contribution in [0, 0.1) is 0 Å². The van der Waals surface area contributed by atoms with E-state index in [1.165, 1.54) is 92.5 Å². The van der Waals surface area contributed by atoms with Crippen LogP contribution in [0.3, 0.4) is 0 Å². The van der Waals surface area contributed by atoms with Crippen LogP contribution in [0.25, 0.3) is 131 Å². The first-order chi connectivity index (χ1) is 30.2. The Labute approximate surface area is 352 Å². The van der Waals surface area contributed by atoms with E-state index in [0.717, 1.165) is 38.6 Å². The lowest BCUT2D eigenvalue weighted by Crippen LogP contribution is -1.88. The van der Waals surface area contributed by atoms with Crippen LogP contribution in [0.2, 0.25) is 0 Å². The van der Waals surface area contributed by atoms with Gasteiger partial charge in [-0.25, -0.2) is 0 Å². The molecule has 0 bridgehead atoms. The van der Waals surface area contributed by atoms with Gasteiger partial charge in [0.15, 0.2) is 0 Å². The van der Waals surface area contributed by atoms with Crippen LogP contribution in [-0.4, -0.2) is 0 Å². The van der Waals surface area contributed by atoms with Gasteiger partial charge in [0, 0.05) is 10.8 Å². The quantitative estimate of drug-likeness (QED) is 0.162. The Hall–Kier alpha value is -8.00. The third-order valence-corrected chi connectivity index (χ3v) is 13.0. The third kappa shape index (κ3) is 5.55. The molecule has 0 N–H and O–H groups in total. The lowest BCUT2D eigenvalue weighted by Gasteiger charge is -2.13. The number of hydrogen-bond donors (Lipinski definition) is 0. The lowest BCUT2D eigenvalue weighted by molar-refractivity contribution is 0.669. The van der Waals surface area contributed by atoms with Crippen molar-refractivity contribution in [3.63, 3.8) is 0 Å².